The summed E-state index contributed by atoms with van der Waals surface area (Å²) >= 11 is 1.16. The van der Waals surface area contributed by atoms with E-state index in [9.17, 15) is 0 Å². The van der Waals surface area contributed by atoms with Gasteiger partial charge in [-0.15, -0.1) is 0 Å². The molecule has 124 valence electrons. The molecule has 0 amide bonds. The first-order valence-electron chi connectivity index (χ1n) is 7.89. The first kappa shape index (κ1) is 16.7. The van der Waals surface area contributed by atoms with Crippen molar-refractivity contribution in [3.8, 4) is 11.3 Å². The van der Waals surface area contributed by atoms with Crippen molar-refractivity contribution >= 4 is 11.9 Å². The van der Waals surface area contributed by atoms with Gasteiger partial charge in [-0.05, 0) is 35.9 Å². The molecule has 0 bridgehead atoms. The number of nitrogens with zero attached hydrogens (tertiary/aromatic N) is 2. The molecule has 1 aliphatic rings. The second-order valence-corrected chi connectivity index (χ2v) is 7.11. The molecular weight excluding hydrogens is 318 g/mol. The van der Waals surface area contributed by atoms with Gasteiger partial charge in [-0.3, -0.25) is 5.14 Å². The Labute approximate surface area is 146 Å². The molecule has 1 aromatic carbocycles. The fourth-order valence-corrected chi connectivity index (χ4v) is 2.77. The quantitative estimate of drug-likeness (QED) is 0.687. The molecule has 24 heavy (non-hydrogen) atoms. The first-order valence-corrected chi connectivity index (χ1v) is 8.77. The van der Waals surface area contributed by atoms with Crippen LogP contribution < -0.4 is 5.14 Å². The molecule has 1 aliphatic carbocycles. The maximum absolute atomic E-state index is 5.82. The average molecular weight is 339 g/mol. The van der Waals surface area contributed by atoms with E-state index in [0.717, 1.165) is 34.2 Å². The van der Waals surface area contributed by atoms with E-state index in [4.69, 9.17) is 9.56 Å². The minimum atomic E-state index is 0.374. The van der Waals surface area contributed by atoms with Gasteiger partial charge in [0.1, 0.15) is 5.03 Å². The lowest BCUT2D eigenvalue weighted by Gasteiger charge is -1.98. The lowest BCUT2D eigenvalue weighted by atomic mass is 10.1. The molecule has 1 saturated carbocycles. The molecule has 1 atom stereocenters. The minimum Gasteiger partial charge on any atom is -0.440 e. The van der Waals surface area contributed by atoms with Crippen LogP contribution in [0.3, 0.4) is 0 Å². The second kappa shape index (κ2) is 7.20. The number of hydrogen-bond donors (Lipinski definition) is 1. The fraction of sp³-hybridized carbons (Fsp3) is 0.263. The van der Waals surface area contributed by atoms with Crippen molar-refractivity contribution in [3.05, 3.63) is 66.8 Å². The molecule has 2 N–H and O–H groups in total. The van der Waals surface area contributed by atoms with Crippen LogP contribution in [0.15, 0.2) is 70.4 Å². The number of oxazole rings is 1. The van der Waals surface area contributed by atoms with E-state index in [1.165, 1.54) is 6.42 Å². The van der Waals surface area contributed by atoms with Crippen LogP contribution in [-0.4, -0.2) is 9.97 Å². The Bertz CT molecular complexity index is 772. The third-order valence-corrected chi connectivity index (χ3v) is 4.63. The Morgan fingerprint density at radius 3 is 2.33 bits per heavy atom. The Kier molecular flexibility index (Phi) is 5.02. The van der Waals surface area contributed by atoms with Gasteiger partial charge in [0.15, 0.2) is 11.7 Å². The number of aromatic nitrogens is 2. The molecule has 0 spiro atoms. The summed E-state index contributed by atoms with van der Waals surface area (Å²) in [4.78, 5) is 8.32. The van der Waals surface area contributed by atoms with E-state index in [1.807, 2.05) is 54.7 Å². The van der Waals surface area contributed by atoms with Crippen LogP contribution in [0.1, 0.15) is 32.1 Å². The standard InChI is InChI=1S/C14H15NO.C5H6N2S/c1-14(2)8-11(14)13-15-9-12(16-13)10-6-4-3-5-7-10;6-8-5-3-1-2-4-7-5/h3-7,9,11H,8H2,1-2H3;1-4H,6H2. The van der Waals surface area contributed by atoms with E-state index in [0.29, 0.717) is 11.3 Å². The molecule has 0 radical (unpaired) electrons. The van der Waals surface area contributed by atoms with Crippen molar-refractivity contribution < 1.29 is 4.42 Å². The SMILES string of the molecule is CC1(C)CC1c1ncc(-c2ccccc2)o1.NSc1ccccn1. The largest absolute Gasteiger partial charge is 0.440 e. The number of hydrogen-bond acceptors (Lipinski definition) is 5. The second-order valence-electron chi connectivity index (χ2n) is 6.46. The lowest BCUT2D eigenvalue weighted by Crippen LogP contribution is -1.88. The van der Waals surface area contributed by atoms with Gasteiger partial charge < -0.3 is 4.42 Å². The van der Waals surface area contributed by atoms with Crippen LogP contribution in [0, 0.1) is 5.41 Å². The van der Waals surface area contributed by atoms with Gasteiger partial charge in [-0.25, -0.2) is 9.97 Å². The lowest BCUT2D eigenvalue weighted by molar-refractivity contribution is 0.477. The number of pyridine rings is 1. The molecule has 5 heteroatoms. The average Bonchev–Trinajstić information content (AvgIpc) is 3.04. The molecular formula is C19H21N3OS. The zero-order chi connectivity index (χ0) is 17.0. The molecule has 4 rings (SSSR count). The van der Waals surface area contributed by atoms with Crippen LogP contribution in [0.4, 0.5) is 0 Å². The van der Waals surface area contributed by atoms with E-state index in [2.05, 4.69) is 23.8 Å². The number of rotatable bonds is 3. The Balaban J connectivity index is 0.000000179. The first-order chi connectivity index (χ1) is 11.6. The minimum absolute atomic E-state index is 0.374. The van der Waals surface area contributed by atoms with E-state index in [-0.39, 0.29) is 0 Å². The van der Waals surface area contributed by atoms with Crippen LogP contribution in [-0.2, 0) is 0 Å². The highest BCUT2D eigenvalue weighted by Gasteiger charge is 2.49. The van der Waals surface area contributed by atoms with Gasteiger partial charge in [0.05, 0.1) is 6.20 Å². The Hall–Kier alpha value is -2.11. The molecule has 0 aliphatic heterocycles. The van der Waals surface area contributed by atoms with Crippen LogP contribution in [0.2, 0.25) is 0 Å². The highest BCUT2D eigenvalue weighted by atomic mass is 32.2. The molecule has 4 nitrogen and oxygen atoms in total. The predicted octanol–water partition coefficient (Wildman–Crippen LogP) is 4.90. The highest BCUT2D eigenvalue weighted by molar-refractivity contribution is 7.97. The third kappa shape index (κ3) is 4.04. The maximum Gasteiger partial charge on any atom is 0.198 e. The summed E-state index contributed by atoms with van der Waals surface area (Å²) in [6, 6.07) is 15.7. The van der Waals surface area contributed by atoms with Gasteiger partial charge in [0.25, 0.3) is 0 Å². The maximum atomic E-state index is 5.82. The topological polar surface area (TPSA) is 64.9 Å². The summed E-state index contributed by atoms with van der Waals surface area (Å²) in [5.74, 6) is 2.27. The van der Waals surface area contributed by atoms with Gasteiger partial charge in [-0.1, -0.05) is 50.2 Å². The van der Waals surface area contributed by atoms with Crippen molar-refractivity contribution in [2.45, 2.75) is 31.2 Å². The fourth-order valence-electron chi connectivity index (χ4n) is 2.49. The summed E-state index contributed by atoms with van der Waals surface area (Å²) in [7, 11) is 0. The number of benzene rings is 1. The van der Waals surface area contributed by atoms with Gasteiger partial charge >= 0.3 is 0 Å². The summed E-state index contributed by atoms with van der Waals surface area (Å²) < 4.78 is 5.82. The summed E-state index contributed by atoms with van der Waals surface area (Å²) in [6.07, 6.45) is 4.73. The molecule has 1 fully saturated rings. The van der Waals surface area contributed by atoms with Crippen molar-refractivity contribution in [2.75, 3.05) is 0 Å². The van der Waals surface area contributed by atoms with Crippen LogP contribution in [0.25, 0.3) is 11.3 Å². The summed E-state index contributed by atoms with van der Waals surface area (Å²) in [6.45, 7) is 4.51. The zero-order valence-corrected chi connectivity index (χ0v) is 14.7. The smallest absolute Gasteiger partial charge is 0.198 e. The van der Waals surface area contributed by atoms with Crippen molar-refractivity contribution in [2.24, 2.45) is 10.6 Å². The molecule has 2 heterocycles. The Morgan fingerprint density at radius 1 is 1.08 bits per heavy atom. The normalized spacial score (nSPS) is 17.7. The van der Waals surface area contributed by atoms with Gasteiger partial charge in [0, 0.05) is 17.7 Å². The van der Waals surface area contributed by atoms with Crippen molar-refractivity contribution in [1.29, 1.82) is 0 Å². The highest BCUT2D eigenvalue weighted by Crippen LogP contribution is 2.58. The number of nitrogens with two attached hydrogens (primary N) is 1. The summed E-state index contributed by atoms with van der Waals surface area (Å²) in [5.41, 5.74) is 1.47. The molecule has 0 saturated heterocycles. The van der Waals surface area contributed by atoms with Gasteiger partial charge in [-0.2, -0.15) is 0 Å². The van der Waals surface area contributed by atoms with Crippen molar-refractivity contribution in [3.63, 3.8) is 0 Å². The van der Waals surface area contributed by atoms with Crippen molar-refractivity contribution in [1.82, 2.24) is 9.97 Å². The van der Waals surface area contributed by atoms with Gasteiger partial charge in [0.2, 0.25) is 0 Å². The summed E-state index contributed by atoms with van der Waals surface area (Å²) in [5, 5.41) is 6.06. The van der Waals surface area contributed by atoms with E-state index >= 15 is 0 Å². The molecule has 1 unspecified atom stereocenters. The molecule has 2 aromatic heterocycles. The van der Waals surface area contributed by atoms with Crippen LogP contribution >= 0.6 is 11.9 Å². The van der Waals surface area contributed by atoms with Crippen LogP contribution in [0.5, 0.6) is 0 Å². The monoisotopic (exact) mass is 339 g/mol. The van der Waals surface area contributed by atoms with E-state index in [1.54, 1.807) is 6.20 Å². The molecule has 3 aromatic rings. The van der Waals surface area contributed by atoms with E-state index < -0.39 is 0 Å². The third-order valence-electron chi connectivity index (χ3n) is 4.15. The predicted molar refractivity (Wildman–Crippen MR) is 97.4 cm³/mol. The zero-order valence-electron chi connectivity index (χ0n) is 13.8. The Morgan fingerprint density at radius 2 is 1.79 bits per heavy atom.